The van der Waals surface area contributed by atoms with Gasteiger partial charge >= 0.3 is 6.18 Å². The van der Waals surface area contributed by atoms with Crippen molar-refractivity contribution in [3.63, 3.8) is 0 Å². The van der Waals surface area contributed by atoms with Gasteiger partial charge in [0, 0.05) is 12.3 Å². The van der Waals surface area contributed by atoms with Crippen LogP contribution in [0, 0.1) is 6.92 Å². The summed E-state index contributed by atoms with van der Waals surface area (Å²) < 4.78 is 42.7. The van der Waals surface area contributed by atoms with Gasteiger partial charge in [-0.15, -0.1) is 0 Å². The molecule has 100 valence electrons. The minimum Gasteiger partial charge on any atom is -0.372 e. The van der Waals surface area contributed by atoms with Crippen LogP contribution in [0.25, 0.3) is 0 Å². The van der Waals surface area contributed by atoms with Gasteiger partial charge in [-0.1, -0.05) is 6.07 Å². The molecule has 0 fully saturated rings. The lowest BCUT2D eigenvalue weighted by molar-refractivity contribution is -0.138. The van der Waals surface area contributed by atoms with Gasteiger partial charge in [-0.3, -0.25) is 4.79 Å². The number of carbonyl (C=O) groups excluding carboxylic acids is 1. The highest BCUT2D eigenvalue weighted by Crippen LogP contribution is 2.33. The van der Waals surface area contributed by atoms with Gasteiger partial charge in [0.2, 0.25) is 5.91 Å². The standard InChI is InChI=1S/C12H14F3NO2/c1-3-18-7-11(17)16-9-5-4-8(2)10(6-9)12(13,14)15/h4-6H,3,7H2,1-2H3,(H,16,17). The fourth-order valence-electron chi connectivity index (χ4n) is 1.40. The molecule has 1 rings (SSSR count). The van der Waals surface area contributed by atoms with Crippen LogP contribution in [0.15, 0.2) is 18.2 Å². The van der Waals surface area contributed by atoms with E-state index in [9.17, 15) is 18.0 Å². The Morgan fingerprint density at radius 2 is 2.06 bits per heavy atom. The van der Waals surface area contributed by atoms with Crippen LogP contribution in [-0.4, -0.2) is 19.1 Å². The first-order chi connectivity index (χ1) is 8.34. The molecule has 1 aromatic carbocycles. The van der Waals surface area contributed by atoms with Crippen molar-refractivity contribution in [3.8, 4) is 0 Å². The largest absolute Gasteiger partial charge is 0.416 e. The Bertz CT molecular complexity index is 430. The van der Waals surface area contributed by atoms with Crippen molar-refractivity contribution in [2.75, 3.05) is 18.5 Å². The quantitative estimate of drug-likeness (QED) is 0.904. The molecule has 6 heteroatoms. The number of halogens is 3. The molecule has 18 heavy (non-hydrogen) atoms. The molecule has 0 atom stereocenters. The highest BCUT2D eigenvalue weighted by molar-refractivity contribution is 5.91. The number of carbonyl (C=O) groups is 1. The number of ether oxygens (including phenoxy) is 1. The lowest BCUT2D eigenvalue weighted by Gasteiger charge is -2.12. The molecular weight excluding hydrogens is 247 g/mol. The molecule has 0 heterocycles. The summed E-state index contributed by atoms with van der Waals surface area (Å²) in [6, 6.07) is 3.66. The van der Waals surface area contributed by atoms with Crippen molar-refractivity contribution in [3.05, 3.63) is 29.3 Å². The maximum absolute atomic E-state index is 12.6. The summed E-state index contributed by atoms with van der Waals surface area (Å²) in [5, 5.41) is 2.35. The second kappa shape index (κ2) is 5.86. The van der Waals surface area contributed by atoms with E-state index < -0.39 is 17.6 Å². The van der Waals surface area contributed by atoms with E-state index in [4.69, 9.17) is 4.74 Å². The van der Waals surface area contributed by atoms with Crippen LogP contribution in [-0.2, 0) is 15.7 Å². The summed E-state index contributed by atoms with van der Waals surface area (Å²) in [5.74, 6) is -0.478. The van der Waals surface area contributed by atoms with Crippen molar-refractivity contribution in [1.29, 1.82) is 0 Å². The fourth-order valence-corrected chi connectivity index (χ4v) is 1.40. The zero-order chi connectivity index (χ0) is 13.8. The molecule has 0 aliphatic heterocycles. The van der Waals surface area contributed by atoms with Gasteiger partial charge in [0.05, 0.1) is 5.56 Å². The third-order valence-corrected chi connectivity index (χ3v) is 2.26. The molecule has 0 saturated carbocycles. The number of rotatable bonds is 4. The predicted octanol–water partition coefficient (Wildman–Crippen LogP) is 2.99. The first-order valence-electron chi connectivity index (χ1n) is 5.40. The summed E-state index contributed by atoms with van der Waals surface area (Å²) >= 11 is 0. The number of nitrogens with one attached hydrogen (secondary N) is 1. The van der Waals surface area contributed by atoms with E-state index in [2.05, 4.69) is 5.32 Å². The van der Waals surface area contributed by atoms with Gasteiger partial charge < -0.3 is 10.1 Å². The molecule has 0 spiro atoms. The normalized spacial score (nSPS) is 11.4. The smallest absolute Gasteiger partial charge is 0.372 e. The number of anilines is 1. The van der Waals surface area contributed by atoms with Crippen molar-refractivity contribution in [2.24, 2.45) is 0 Å². The summed E-state index contributed by atoms with van der Waals surface area (Å²) in [6.07, 6.45) is -4.43. The molecule has 3 nitrogen and oxygen atoms in total. The van der Waals surface area contributed by atoms with Crippen LogP contribution in [0.2, 0.25) is 0 Å². The SMILES string of the molecule is CCOCC(=O)Nc1ccc(C)c(C(F)(F)F)c1. The molecule has 0 aliphatic carbocycles. The fraction of sp³-hybridized carbons (Fsp3) is 0.417. The minimum absolute atomic E-state index is 0.109. The van der Waals surface area contributed by atoms with Gasteiger partial charge in [0.15, 0.2) is 0 Å². The first kappa shape index (κ1) is 14.5. The molecule has 1 N–H and O–H groups in total. The van der Waals surface area contributed by atoms with E-state index in [1.54, 1.807) is 6.92 Å². The van der Waals surface area contributed by atoms with E-state index in [1.807, 2.05) is 0 Å². The maximum atomic E-state index is 12.6. The Morgan fingerprint density at radius 3 is 2.61 bits per heavy atom. The highest BCUT2D eigenvalue weighted by Gasteiger charge is 2.32. The van der Waals surface area contributed by atoms with E-state index in [0.29, 0.717) is 6.61 Å². The number of alkyl halides is 3. The van der Waals surface area contributed by atoms with Crippen molar-refractivity contribution in [2.45, 2.75) is 20.0 Å². The second-order valence-electron chi connectivity index (χ2n) is 3.71. The Labute approximate surface area is 103 Å². The Hall–Kier alpha value is -1.56. The second-order valence-corrected chi connectivity index (χ2v) is 3.71. The van der Waals surface area contributed by atoms with Gasteiger partial charge in [-0.25, -0.2) is 0 Å². The third kappa shape index (κ3) is 4.03. The van der Waals surface area contributed by atoms with E-state index >= 15 is 0 Å². The lowest BCUT2D eigenvalue weighted by atomic mass is 10.1. The van der Waals surface area contributed by atoms with Crippen LogP contribution in [0.3, 0.4) is 0 Å². The van der Waals surface area contributed by atoms with E-state index in [-0.39, 0.29) is 17.9 Å². The topological polar surface area (TPSA) is 38.3 Å². The van der Waals surface area contributed by atoms with E-state index in [1.165, 1.54) is 19.1 Å². The maximum Gasteiger partial charge on any atom is 0.416 e. The van der Waals surface area contributed by atoms with Crippen LogP contribution in [0.4, 0.5) is 18.9 Å². The van der Waals surface area contributed by atoms with Crippen LogP contribution in [0.5, 0.6) is 0 Å². The molecule has 1 aromatic rings. The Kier molecular flexibility index (Phi) is 4.72. The summed E-state index contributed by atoms with van der Waals surface area (Å²) in [7, 11) is 0. The van der Waals surface area contributed by atoms with Crippen molar-refractivity contribution in [1.82, 2.24) is 0 Å². The average molecular weight is 261 g/mol. The first-order valence-corrected chi connectivity index (χ1v) is 5.40. The number of amides is 1. The van der Waals surface area contributed by atoms with Crippen LogP contribution < -0.4 is 5.32 Å². The number of aryl methyl sites for hydroxylation is 1. The number of hydrogen-bond donors (Lipinski definition) is 1. The van der Waals surface area contributed by atoms with Gasteiger partial charge in [-0.2, -0.15) is 13.2 Å². The van der Waals surface area contributed by atoms with Gasteiger partial charge in [-0.05, 0) is 31.5 Å². The Balaban J connectivity index is 2.83. The Morgan fingerprint density at radius 1 is 1.39 bits per heavy atom. The molecule has 0 bridgehead atoms. The molecule has 1 amide bonds. The molecule has 0 aliphatic rings. The van der Waals surface area contributed by atoms with Gasteiger partial charge in [0.25, 0.3) is 0 Å². The monoisotopic (exact) mass is 261 g/mol. The zero-order valence-corrected chi connectivity index (χ0v) is 10.1. The molecule has 0 saturated heterocycles. The zero-order valence-electron chi connectivity index (χ0n) is 10.1. The number of hydrogen-bond acceptors (Lipinski definition) is 2. The van der Waals surface area contributed by atoms with Crippen molar-refractivity contribution < 1.29 is 22.7 Å². The van der Waals surface area contributed by atoms with Crippen molar-refractivity contribution >= 4 is 11.6 Å². The third-order valence-electron chi connectivity index (χ3n) is 2.26. The molecule has 0 aromatic heterocycles. The molecular formula is C12H14F3NO2. The van der Waals surface area contributed by atoms with E-state index in [0.717, 1.165) is 6.07 Å². The average Bonchev–Trinajstić information content (AvgIpc) is 2.27. The summed E-state index contributed by atoms with van der Waals surface area (Å²) in [6.45, 7) is 3.29. The summed E-state index contributed by atoms with van der Waals surface area (Å²) in [4.78, 5) is 11.3. The molecule has 0 radical (unpaired) electrons. The lowest BCUT2D eigenvalue weighted by Crippen LogP contribution is -2.19. The summed E-state index contributed by atoms with van der Waals surface area (Å²) in [5.41, 5.74) is -0.528. The number of benzene rings is 1. The van der Waals surface area contributed by atoms with Crippen LogP contribution in [0.1, 0.15) is 18.1 Å². The minimum atomic E-state index is -4.43. The highest BCUT2D eigenvalue weighted by atomic mass is 19.4. The molecule has 0 unspecified atom stereocenters. The van der Waals surface area contributed by atoms with Gasteiger partial charge in [0.1, 0.15) is 6.61 Å². The predicted molar refractivity (Wildman–Crippen MR) is 61.3 cm³/mol. The van der Waals surface area contributed by atoms with Crippen LogP contribution >= 0.6 is 0 Å².